The average Bonchev–Trinajstić information content (AvgIpc) is 3.44. The van der Waals surface area contributed by atoms with Gasteiger partial charge in [-0.2, -0.15) is 0 Å². The van der Waals surface area contributed by atoms with E-state index in [9.17, 15) is 43.2 Å². The smallest absolute Gasteiger partial charge is 0.462 e. The van der Waals surface area contributed by atoms with Crippen LogP contribution in [0.1, 0.15) is 363 Å². The first-order chi connectivity index (χ1) is 43.8. The van der Waals surface area contributed by atoms with Crippen molar-refractivity contribution in [2.24, 2.45) is 17.8 Å². The van der Waals surface area contributed by atoms with Crippen molar-refractivity contribution in [1.29, 1.82) is 0 Å². The summed E-state index contributed by atoms with van der Waals surface area (Å²) in [5.74, 6) is 0.204. The van der Waals surface area contributed by atoms with Gasteiger partial charge >= 0.3 is 39.5 Å². The third-order valence-corrected chi connectivity index (χ3v) is 19.3. The van der Waals surface area contributed by atoms with E-state index in [-0.39, 0.29) is 25.7 Å². The molecule has 17 nitrogen and oxygen atoms in total. The van der Waals surface area contributed by atoms with Crippen LogP contribution in [0.15, 0.2) is 0 Å². The SMILES string of the molecule is CCCCCCCCCCCCCC(=O)O[C@H](COC(=O)CCCCCCCCC(C)CC)COP(=O)(O)OC[C@H](O)COP(=O)(O)OC[C@@H](COC(=O)CCCCCCCCCCCCC(C)CC)OC(=O)CCCCCCCCCCCCCCCC(C)C. The van der Waals surface area contributed by atoms with Gasteiger partial charge in [-0.25, -0.2) is 9.13 Å². The van der Waals surface area contributed by atoms with Crippen molar-refractivity contribution in [1.82, 2.24) is 0 Å². The fraction of sp³-hybridized carbons (Fsp3) is 0.944. The predicted octanol–water partition coefficient (Wildman–Crippen LogP) is 20.6. The fourth-order valence-corrected chi connectivity index (χ4v) is 12.4. The molecule has 19 heteroatoms. The molecule has 91 heavy (non-hydrogen) atoms. The van der Waals surface area contributed by atoms with Gasteiger partial charge in [0.2, 0.25) is 0 Å². The summed E-state index contributed by atoms with van der Waals surface area (Å²) in [5.41, 5.74) is 0. The lowest BCUT2D eigenvalue weighted by atomic mass is 9.99. The second-order valence-corrected chi connectivity index (χ2v) is 29.8. The van der Waals surface area contributed by atoms with Gasteiger partial charge in [0.1, 0.15) is 19.3 Å². The Morgan fingerprint density at radius 1 is 0.319 bits per heavy atom. The van der Waals surface area contributed by atoms with Gasteiger partial charge in [-0.3, -0.25) is 37.3 Å². The molecule has 0 amide bonds. The number of phosphoric ester groups is 2. The Hall–Kier alpha value is -1.94. The monoisotopic (exact) mass is 1340 g/mol. The second kappa shape index (κ2) is 62.8. The topological polar surface area (TPSA) is 237 Å². The van der Waals surface area contributed by atoms with Crippen LogP contribution in [0.3, 0.4) is 0 Å². The predicted molar refractivity (Wildman–Crippen MR) is 368 cm³/mol. The molecule has 0 aromatic rings. The number of unbranched alkanes of at least 4 members (excludes halogenated alkanes) is 36. The van der Waals surface area contributed by atoms with E-state index in [0.29, 0.717) is 25.7 Å². The van der Waals surface area contributed by atoms with Gasteiger partial charge in [0.05, 0.1) is 26.4 Å². The van der Waals surface area contributed by atoms with E-state index in [1.807, 2.05) is 0 Å². The molecule has 3 N–H and O–H groups in total. The standard InChI is InChI=1S/C72H140O17P2/c1-8-11-12-13-14-15-19-27-32-41-48-55-71(76)89-68(60-83-70(75)54-47-40-35-34-38-45-52-65(7)10-3)62-87-91(80,81)85-58-66(73)57-84-90(78,79)86-61-67(59-82-69(74)53-46-39-31-26-23-22-25-30-37-44-51-64(6)9-2)88-72(77)56-49-42-33-28-21-18-16-17-20-24-29-36-43-50-63(4)5/h63-68,73H,8-62H2,1-7H3,(H,78,79)(H,80,81)/t64?,65?,66-,67-,68-/m1/s1. The molecular formula is C72H140O17P2. The number of aliphatic hydroxyl groups excluding tert-OH is 1. The highest BCUT2D eigenvalue weighted by Crippen LogP contribution is 2.45. The molecule has 0 saturated carbocycles. The summed E-state index contributed by atoms with van der Waals surface area (Å²) >= 11 is 0. The van der Waals surface area contributed by atoms with Crippen LogP contribution >= 0.6 is 15.6 Å². The molecule has 7 atom stereocenters. The summed E-state index contributed by atoms with van der Waals surface area (Å²) in [4.78, 5) is 72.6. The van der Waals surface area contributed by atoms with E-state index in [2.05, 4.69) is 48.5 Å². The first-order valence-corrected chi connectivity index (χ1v) is 40.4. The maximum Gasteiger partial charge on any atom is 0.472 e. The summed E-state index contributed by atoms with van der Waals surface area (Å²) in [7, 11) is -9.90. The minimum atomic E-state index is -4.95. The lowest BCUT2D eigenvalue weighted by Crippen LogP contribution is -2.30. The fourth-order valence-electron chi connectivity index (χ4n) is 10.8. The molecule has 0 heterocycles. The van der Waals surface area contributed by atoms with Gasteiger partial charge in [0, 0.05) is 25.7 Å². The number of carbonyl (C=O) groups excluding carboxylic acids is 4. The highest BCUT2D eigenvalue weighted by Gasteiger charge is 2.30. The normalized spacial score (nSPS) is 14.8. The van der Waals surface area contributed by atoms with Gasteiger partial charge in [-0.15, -0.1) is 0 Å². The van der Waals surface area contributed by atoms with Gasteiger partial charge < -0.3 is 33.8 Å². The molecule has 0 aliphatic rings. The largest absolute Gasteiger partial charge is 0.472 e. The number of hydrogen-bond acceptors (Lipinski definition) is 15. The Kier molecular flexibility index (Phi) is 61.5. The van der Waals surface area contributed by atoms with Crippen molar-refractivity contribution in [2.45, 2.75) is 381 Å². The third-order valence-electron chi connectivity index (χ3n) is 17.4. The Morgan fingerprint density at radius 3 is 0.835 bits per heavy atom. The molecule has 0 bridgehead atoms. The van der Waals surface area contributed by atoms with E-state index >= 15 is 0 Å². The maximum absolute atomic E-state index is 13.0. The van der Waals surface area contributed by atoms with Crippen molar-refractivity contribution in [3.63, 3.8) is 0 Å². The van der Waals surface area contributed by atoms with Crippen molar-refractivity contribution < 1.29 is 80.2 Å². The van der Waals surface area contributed by atoms with Crippen LogP contribution in [0.4, 0.5) is 0 Å². The molecule has 0 radical (unpaired) electrons. The Balaban J connectivity index is 5.26. The van der Waals surface area contributed by atoms with Crippen LogP contribution < -0.4 is 0 Å². The number of aliphatic hydroxyl groups is 1. The van der Waals surface area contributed by atoms with Crippen LogP contribution in [-0.2, 0) is 65.4 Å². The van der Waals surface area contributed by atoms with Gasteiger partial charge in [-0.05, 0) is 43.4 Å². The lowest BCUT2D eigenvalue weighted by molar-refractivity contribution is -0.161. The first-order valence-electron chi connectivity index (χ1n) is 37.4. The third kappa shape index (κ3) is 63.9. The molecule has 0 aromatic carbocycles. The van der Waals surface area contributed by atoms with Crippen LogP contribution in [0, 0.1) is 17.8 Å². The molecule has 4 unspecified atom stereocenters. The summed E-state index contributed by atoms with van der Waals surface area (Å²) in [5, 5.41) is 10.6. The van der Waals surface area contributed by atoms with Crippen molar-refractivity contribution in [3.8, 4) is 0 Å². The van der Waals surface area contributed by atoms with Crippen molar-refractivity contribution >= 4 is 39.5 Å². The molecule has 0 fully saturated rings. The van der Waals surface area contributed by atoms with E-state index in [1.54, 1.807) is 0 Å². The van der Waals surface area contributed by atoms with Gasteiger partial charge in [0.15, 0.2) is 12.2 Å². The molecule has 0 aliphatic heterocycles. The molecule has 0 spiro atoms. The van der Waals surface area contributed by atoms with E-state index < -0.39 is 97.5 Å². The zero-order valence-electron chi connectivity index (χ0n) is 59.3. The van der Waals surface area contributed by atoms with Gasteiger partial charge in [0.25, 0.3) is 0 Å². The molecule has 540 valence electrons. The zero-order chi connectivity index (χ0) is 67.3. The molecule has 0 rings (SSSR count). The number of esters is 4. The Morgan fingerprint density at radius 2 is 0.560 bits per heavy atom. The lowest BCUT2D eigenvalue weighted by Gasteiger charge is -2.21. The number of phosphoric acid groups is 2. The summed E-state index contributed by atoms with van der Waals surface area (Å²) in [6, 6.07) is 0. The average molecular weight is 1340 g/mol. The van der Waals surface area contributed by atoms with E-state index in [0.717, 1.165) is 114 Å². The molecule has 0 saturated heterocycles. The second-order valence-electron chi connectivity index (χ2n) is 26.9. The number of rotatable bonds is 70. The molecule has 0 aliphatic carbocycles. The van der Waals surface area contributed by atoms with Gasteiger partial charge in [-0.1, -0.05) is 312 Å². The number of carbonyl (C=O) groups is 4. The van der Waals surface area contributed by atoms with Crippen LogP contribution in [-0.4, -0.2) is 96.7 Å². The van der Waals surface area contributed by atoms with Crippen molar-refractivity contribution in [3.05, 3.63) is 0 Å². The highest BCUT2D eigenvalue weighted by atomic mass is 31.2. The van der Waals surface area contributed by atoms with Crippen LogP contribution in [0.5, 0.6) is 0 Å². The Labute approximate surface area is 556 Å². The first kappa shape index (κ1) is 89.1. The van der Waals surface area contributed by atoms with E-state index in [4.69, 9.17) is 37.0 Å². The van der Waals surface area contributed by atoms with Crippen LogP contribution in [0.25, 0.3) is 0 Å². The van der Waals surface area contributed by atoms with Crippen molar-refractivity contribution in [2.75, 3.05) is 39.6 Å². The quantitative estimate of drug-likeness (QED) is 0.0222. The summed E-state index contributed by atoms with van der Waals surface area (Å²) in [6.45, 7) is 11.9. The number of hydrogen-bond donors (Lipinski definition) is 3. The highest BCUT2D eigenvalue weighted by molar-refractivity contribution is 7.47. The molecular weight excluding hydrogens is 1200 g/mol. The summed E-state index contributed by atoms with van der Waals surface area (Å²) < 4.78 is 68.4. The minimum Gasteiger partial charge on any atom is -0.462 e. The van der Waals surface area contributed by atoms with Crippen LogP contribution in [0.2, 0.25) is 0 Å². The minimum absolute atomic E-state index is 0.106. The summed E-state index contributed by atoms with van der Waals surface area (Å²) in [6.07, 6.45) is 47.0. The maximum atomic E-state index is 13.0. The molecule has 0 aromatic heterocycles. The number of ether oxygens (including phenoxy) is 4. The van der Waals surface area contributed by atoms with E-state index in [1.165, 1.54) is 167 Å². The zero-order valence-corrected chi connectivity index (χ0v) is 61.1. The Bertz CT molecular complexity index is 1790.